The number of fused-ring (bicyclic) bond motifs is 1. The molecule has 1 unspecified atom stereocenters. The highest BCUT2D eigenvalue weighted by atomic mass is 35.5. The fourth-order valence-corrected chi connectivity index (χ4v) is 3.92. The first-order valence-electron chi connectivity index (χ1n) is 10.6. The van der Waals surface area contributed by atoms with Crippen LogP contribution in [0.25, 0.3) is 16.7 Å². The molecule has 1 N–H and O–H groups in total. The van der Waals surface area contributed by atoms with Crippen molar-refractivity contribution in [2.45, 2.75) is 19.1 Å². The maximum Gasteiger partial charge on any atom is 0.160 e. The minimum atomic E-state index is -0.445. The lowest BCUT2D eigenvalue weighted by Crippen LogP contribution is -2.06. The predicted molar refractivity (Wildman–Crippen MR) is 129 cm³/mol. The number of anilines is 2. The minimum Gasteiger partial charge on any atom is -0.487 e. The zero-order valence-corrected chi connectivity index (χ0v) is 18.6. The summed E-state index contributed by atoms with van der Waals surface area (Å²) in [6.45, 7) is 0.201. The minimum absolute atomic E-state index is 0.201. The molecule has 0 amide bonds. The van der Waals surface area contributed by atoms with E-state index in [2.05, 4.69) is 15.3 Å². The Morgan fingerprint density at radius 2 is 2.06 bits per heavy atom. The number of ether oxygens (including phenoxy) is 2. The quantitative estimate of drug-likeness (QED) is 0.327. The molecule has 4 aromatic rings. The van der Waals surface area contributed by atoms with Crippen LogP contribution in [0.3, 0.4) is 0 Å². The second kappa shape index (κ2) is 9.49. The van der Waals surface area contributed by atoms with Crippen LogP contribution < -0.4 is 10.1 Å². The molecule has 2 heterocycles. The summed E-state index contributed by atoms with van der Waals surface area (Å²) in [6.07, 6.45) is 4.30. The van der Waals surface area contributed by atoms with Crippen LogP contribution in [-0.2, 0) is 16.1 Å². The van der Waals surface area contributed by atoms with E-state index in [-0.39, 0.29) is 12.4 Å². The summed E-state index contributed by atoms with van der Waals surface area (Å²) >= 11 is 6.43. The van der Waals surface area contributed by atoms with Crippen LogP contribution >= 0.6 is 11.6 Å². The van der Waals surface area contributed by atoms with Crippen molar-refractivity contribution in [1.82, 2.24) is 9.97 Å². The Morgan fingerprint density at radius 1 is 1.15 bits per heavy atom. The van der Waals surface area contributed by atoms with Gasteiger partial charge >= 0.3 is 0 Å². The van der Waals surface area contributed by atoms with Crippen molar-refractivity contribution in [3.8, 4) is 5.75 Å². The number of carbonyl (C=O) groups excluding carboxylic acids is 1. The SMILES string of the molecule is O=CC1CC=C(c2ccc3ncnc(Nc4ccc(OCc5cccc(F)c5)c(Cl)c4)c3c2)O1. The molecule has 0 saturated carbocycles. The van der Waals surface area contributed by atoms with Crippen molar-refractivity contribution in [1.29, 1.82) is 0 Å². The fourth-order valence-electron chi connectivity index (χ4n) is 3.68. The van der Waals surface area contributed by atoms with E-state index in [9.17, 15) is 9.18 Å². The van der Waals surface area contributed by atoms with Crippen molar-refractivity contribution in [2.75, 3.05) is 5.32 Å². The van der Waals surface area contributed by atoms with E-state index in [1.165, 1.54) is 18.5 Å². The Bertz CT molecular complexity index is 1410. The third-order valence-electron chi connectivity index (χ3n) is 5.36. The van der Waals surface area contributed by atoms with Crippen molar-refractivity contribution >= 4 is 46.1 Å². The molecule has 8 heteroatoms. The van der Waals surface area contributed by atoms with Crippen LogP contribution in [0.15, 0.2) is 73.1 Å². The Balaban J connectivity index is 1.35. The van der Waals surface area contributed by atoms with Crippen LogP contribution in [-0.4, -0.2) is 22.4 Å². The number of rotatable bonds is 7. The van der Waals surface area contributed by atoms with Gasteiger partial charge < -0.3 is 14.8 Å². The van der Waals surface area contributed by atoms with Gasteiger partial charge in [0.05, 0.1) is 10.5 Å². The first kappa shape index (κ1) is 21.9. The largest absolute Gasteiger partial charge is 0.487 e. The van der Waals surface area contributed by atoms with Gasteiger partial charge in [0, 0.05) is 23.1 Å². The Kier molecular flexibility index (Phi) is 6.10. The van der Waals surface area contributed by atoms with Gasteiger partial charge in [-0.05, 0) is 60.2 Å². The molecule has 3 aromatic carbocycles. The van der Waals surface area contributed by atoms with Gasteiger partial charge in [0.25, 0.3) is 0 Å². The number of aromatic nitrogens is 2. The van der Waals surface area contributed by atoms with Crippen LogP contribution in [0.4, 0.5) is 15.9 Å². The Labute approximate surface area is 200 Å². The molecule has 170 valence electrons. The molecular weight excluding hydrogens is 457 g/mol. The summed E-state index contributed by atoms with van der Waals surface area (Å²) < 4.78 is 24.8. The molecule has 5 rings (SSSR count). The molecule has 0 saturated heterocycles. The predicted octanol–water partition coefficient (Wildman–Crippen LogP) is 6.07. The summed E-state index contributed by atoms with van der Waals surface area (Å²) in [5, 5.41) is 4.48. The third-order valence-corrected chi connectivity index (χ3v) is 5.66. The highest BCUT2D eigenvalue weighted by Crippen LogP contribution is 2.33. The van der Waals surface area contributed by atoms with Crippen molar-refractivity contribution in [2.24, 2.45) is 0 Å². The number of benzene rings is 3. The van der Waals surface area contributed by atoms with E-state index in [1.54, 1.807) is 24.3 Å². The number of nitrogens with one attached hydrogen (secondary N) is 1. The number of hydrogen-bond donors (Lipinski definition) is 1. The van der Waals surface area contributed by atoms with E-state index >= 15 is 0 Å². The lowest BCUT2D eigenvalue weighted by molar-refractivity contribution is -0.113. The summed E-state index contributed by atoms with van der Waals surface area (Å²) in [6, 6.07) is 17.2. The van der Waals surface area contributed by atoms with Crippen LogP contribution in [0.2, 0.25) is 5.02 Å². The van der Waals surface area contributed by atoms with E-state index in [0.717, 1.165) is 22.8 Å². The molecule has 6 nitrogen and oxygen atoms in total. The molecule has 0 bridgehead atoms. The lowest BCUT2D eigenvalue weighted by Gasteiger charge is -2.13. The highest BCUT2D eigenvalue weighted by molar-refractivity contribution is 6.32. The van der Waals surface area contributed by atoms with Gasteiger partial charge in [-0.25, -0.2) is 14.4 Å². The second-order valence-corrected chi connectivity index (χ2v) is 8.15. The van der Waals surface area contributed by atoms with Gasteiger partial charge in [0.2, 0.25) is 0 Å². The van der Waals surface area contributed by atoms with Crippen molar-refractivity contribution < 1.29 is 18.7 Å². The van der Waals surface area contributed by atoms with Crippen LogP contribution in [0.5, 0.6) is 5.75 Å². The Hall–Kier alpha value is -3.97. The van der Waals surface area contributed by atoms with Gasteiger partial charge in [-0.3, -0.25) is 4.79 Å². The maximum absolute atomic E-state index is 13.4. The number of hydrogen-bond acceptors (Lipinski definition) is 6. The summed E-state index contributed by atoms with van der Waals surface area (Å²) in [5.41, 5.74) is 3.02. The number of nitrogens with zero attached hydrogens (tertiary/aromatic N) is 2. The smallest absolute Gasteiger partial charge is 0.160 e. The standard InChI is InChI=1S/C26H19ClFN3O3/c27-22-12-19(5-8-25(22)33-14-16-2-1-3-18(28)10-16)31-26-21-11-17(4-7-23(21)29-15-30-26)24-9-6-20(13-32)34-24/h1-5,7-13,15,20H,6,14H2,(H,29,30,31). The molecule has 1 atom stereocenters. The molecule has 0 radical (unpaired) electrons. The van der Waals surface area contributed by atoms with Crippen molar-refractivity contribution in [3.05, 3.63) is 95.0 Å². The molecule has 34 heavy (non-hydrogen) atoms. The lowest BCUT2D eigenvalue weighted by atomic mass is 10.1. The highest BCUT2D eigenvalue weighted by Gasteiger charge is 2.19. The number of aldehydes is 1. The molecule has 0 spiro atoms. The van der Waals surface area contributed by atoms with Crippen molar-refractivity contribution in [3.63, 3.8) is 0 Å². The van der Waals surface area contributed by atoms with Crippen LogP contribution in [0, 0.1) is 5.82 Å². The first-order chi connectivity index (χ1) is 16.6. The summed E-state index contributed by atoms with van der Waals surface area (Å²) in [5.74, 6) is 1.44. The van der Waals surface area contributed by atoms with E-state index in [4.69, 9.17) is 21.1 Å². The average Bonchev–Trinajstić information content (AvgIpc) is 3.33. The van der Waals surface area contributed by atoms with E-state index in [1.807, 2.05) is 30.3 Å². The second-order valence-electron chi connectivity index (χ2n) is 7.74. The number of halogens is 2. The summed E-state index contributed by atoms with van der Waals surface area (Å²) in [4.78, 5) is 19.7. The fraction of sp³-hybridized carbons (Fsp3) is 0.115. The molecule has 1 aliphatic heterocycles. The molecule has 1 aromatic heterocycles. The van der Waals surface area contributed by atoms with E-state index in [0.29, 0.717) is 40.0 Å². The topological polar surface area (TPSA) is 73.3 Å². The average molecular weight is 476 g/mol. The molecule has 0 fully saturated rings. The van der Waals surface area contributed by atoms with E-state index < -0.39 is 6.10 Å². The van der Waals surface area contributed by atoms with Gasteiger partial charge in [-0.15, -0.1) is 0 Å². The molecule has 0 aliphatic carbocycles. The normalized spacial score (nSPS) is 15.0. The zero-order valence-electron chi connectivity index (χ0n) is 17.9. The number of carbonyl (C=O) groups is 1. The summed E-state index contributed by atoms with van der Waals surface area (Å²) in [7, 11) is 0. The van der Waals surface area contributed by atoms with Gasteiger partial charge in [-0.2, -0.15) is 0 Å². The van der Waals surface area contributed by atoms with Crippen LogP contribution in [0.1, 0.15) is 17.5 Å². The monoisotopic (exact) mass is 475 g/mol. The third kappa shape index (κ3) is 4.70. The van der Waals surface area contributed by atoms with Gasteiger partial charge in [-0.1, -0.05) is 23.7 Å². The molecule has 1 aliphatic rings. The Morgan fingerprint density at radius 3 is 2.85 bits per heavy atom. The zero-order chi connectivity index (χ0) is 23.5. The van der Waals surface area contributed by atoms with Gasteiger partial charge in [0.1, 0.15) is 36.1 Å². The first-order valence-corrected chi connectivity index (χ1v) is 11.0. The maximum atomic E-state index is 13.4. The molecular formula is C26H19ClFN3O3. The van der Waals surface area contributed by atoms with Gasteiger partial charge in [0.15, 0.2) is 12.4 Å².